The standard InChI is InChI=1S/C16H24FN3/c1-13(2)20(3)9-5-4-8-19-12-15-10-16(17)7-6-14(15)11-18/h6-7,10,13,19H,4-5,8-9,12H2,1-3H3. The van der Waals surface area contributed by atoms with Crippen molar-refractivity contribution in [3.8, 4) is 6.07 Å². The Bertz CT molecular complexity index is 452. The van der Waals surface area contributed by atoms with Crippen LogP contribution in [0.5, 0.6) is 0 Å². The highest BCUT2D eigenvalue weighted by atomic mass is 19.1. The first-order valence-corrected chi connectivity index (χ1v) is 7.14. The lowest BCUT2D eigenvalue weighted by Gasteiger charge is -2.20. The summed E-state index contributed by atoms with van der Waals surface area (Å²) in [4.78, 5) is 2.32. The Balaban J connectivity index is 2.25. The molecule has 0 heterocycles. The van der Waals surface area contributed by atoms with Crippen molar-refractivity contribution in [3.63, 3.8) is 0 Å². The summed E-state index contributed by atoms with van der Waals surface area (Å²) in [6.07, 6.45) is 2.21. The van der Waals surface area contributed by atoms with Crippen molar-refractivity contribution in [3.05, 3.63) is 35.1 Å². The Morgan fingerprint density at radius 2 is 2.10 bits per heavy atom. The fourth-order valence-corrected chi connectivity index (χ4v) is 1.91. The molecule has 0 aliphatic heterocycles. The molecule has 0 atom stereocenters. The lowest BCUT2D eigenvalue weighted by atomic mass is 10.1. The normalized spacial score (nSPS) is 11.1. The Kier molecular flexibility index (Phi) is 7.21. The number of nitrogens with zero attached hydrogens (tertiary/aromatic N) is 2. The van der Waals surface area contributed by atoms with Crippen LogP contribution in [-0.2, 0) is 6.54 Å². The maximum Gasteiger partial charge on any atom is 0.123 e. The zero-order valence-electron chi connectivity index (χ0n) is 12.6. The first-order valence-electron chi connectivity index (χ1n) is 7.14. The Morgan fingerprint density at radius 3 is 2.75 bits per heavy atom. The van der Waals surface area contributed by atoms with Gasteiger partial charge in [0.15, 0.2) is 0 Å². The van der Waals surface area contributed by atoms with E-state index in [1.54, 1.807) is 0 Å². The van der Waals surface area contributed by atoms with E-state index in [1.165, 1.54) is 18.2 Å². The summed E-state index contributed by atoms with van der Waals surface area (Å²) in [7, 11) is 2.13. The molecule has 1 aromatic carbocycles. The molecule has 3 nitrogen and oxygen atoms in total. The van der Waals surface area contributed by atoms with Crippen LogP contribution in [0.25, 0.3) is 0 Å². The van der Waals surface area contributed by atoms with Gasteiger partial charge in [0.2, 0.25) is 0 Å². The lowest BCUT2D eigenvalue weighted by Crippen LogP contribution is -2.27. The molecular formula is C16H24FN3. The van der Waals surface area contributed by atoms with E-state index in [4.69, 9.17) is 5.26 Å². The SMILES string of the molecule is CC(C)N(C)CCCCNCc1cc(F)ccc1C#N. The van der Waals surface area contributed by atoms with Crippen molar-refractivity contribution >= 4 is 0 Å². The second kappa shape index (κ2) is 8.68. The maximum atomic E-state index is 13.1. The van der Waals surface area contributed by atoms with Crippen LogP contribution in [0.3, 0.4) is 0 Å². The van der Waals surface area contributed by atoms with Crippen LogP contribution in [0.1, 0.15) is 37.8 Å². The van der Waals surface area contributed by atoms with Crippen molar-refractivity contribution in [2.24, 2.45) is 0 Å². The van der Waals surface area contributed by atoms with Crippen LogP contribution in [0.4, 0.5) is 4.39 Å². The maximum absolute atomic E-state index is 13.1. The highest BCUT2D eigenvalue weighted by molar-refractivity contribution is 5.37. The van der Waals surface area contributed by atoms with Gasteiger partial charge in [0.1, 0.15) is 5.82 Å². The van der Waals surface area contributed by atoms with Crippen molar-refractivity contribution in [1.29, 1.82) is 5.26 Å². The van der Waals surface area contributed by atoms with Crippen LogP contribution < -0.4 is 5.32 Å². The van der Waals surface area contributed by atoms with Crippen LogP contribution in [0, 0.1) is 17.1 Å². The molecule has 1 N–H and O–H groups in total. The highest BCUT2D eigenvalue weighted by Crippen LogP contribution is 2.10. The van der Waals surface area contributed by atoms with Crippen LogP contribution in [-0.4, -0.2) is 31.1 Å². The quantitative estimate of drug-likeness (QED) is 0.743. The Hall–Kier alpha value is -1.44. The van der Waals surface area contributed by atoms with E-state index in [0.717, 1.165) is 31.5 Å². The van der Waals surface area contributed by atoms with Gasteiger partial charge in [-0.25, -0.2) is 4.39 Å². The summed E-state index contributed by atoms with van der Waals surface area (Å²) >= 11 is 0. The van der Waals surface area contributed by atoms with E-state index in [9.17, 15) is 4.39 Å². The average molecular weight is 277 g/mol. The molecule has 20 heavy (non-hydrogen) atoms. The van der Waals surface area contributed by atoms with Gasteiger partial charge in [0, 0.05) is 12.6 Å². The smallest absolute Gasteiger partial charge is 0.123 e. The Morgan fingerprint density at radius 1 is 1.35 bits per heavy atom. The minimum absolute atomic E-state index is 0.292. The van der Waals surface area contributed by atoms with E-state index in [1.807, 2.05) is 0 Å². The molecule has 0 saturated heterocycles. The molecule has 0 fully saturated rings. The van der Waals surface area contributed by atoms with Gasteiger partial charge in [0.25, 0.3) is 0 Å². The summed E-state index contributed by atoms with van der Waals surface area (Å²) in [5.74, 6) is -0.292. The molecule has 0 bridgehead atoms. The van der Waals surface area contributed by atoms with Crippen LogP contribution in [0.15, 0.2) is 18.2 Å². The van der Waals surface area contributed by atoms with E-state index in [-0.39, 0.29) is 5.82 Å². The van der Waals surface area contributed by atoms with Gasteiger partial charge < -0.3 is 10.2 Å². The molecule has 0 radical (unpaired) electrons. The molecule has 0 spiro atoms. The number of hydrogen-bond acceptors (Lipinski definition) is 3. The number of nitriles is 1. The number of benzene rings is 1. The van der Waals surface area contributed by atoms with Gasteiger partial charge in [-0.2, -0.15) is 5.26 Å². The third-order valence-corrected chi connectivity index (χ3v) is 3.50. The minimum Gasteiger partial charge on any atom is -0.313 e. The first kappa shape index (κ1) is 16.6. The molecule has 1 rings (SSSR count). The van der Waals surface area contributed by atoms with Crippen molar-refractivity contribution < 1.29 is 4.39 Å². The van der Waals surface area contributed by atoms with Gasteiger partial charge in [-0.1, -0.05) is 0 Å². The molecule has 0 unspecified atom stereocenters. The van der Waals surface area contributed by atoms with E-state index >= 15 is 0 Å². The topological polar surface area (TPSA) is 39.1 Å². The second-order valence-corrected chi connectivity index (χ2v) is 5.37. The molecule has 1 aromatic rings. The number of halogens is 1. The summed E-state index contributed by atoms with van der Waals surface area (Å²) < 4.78 is 13.1. The summed E-state index contributed by atoms with van der Waals surface area (Å²) in [5, 5.41) is 12.2. The number of unbranched alkanes of at least 4 members (excludes halogenated alkanes) is 1. The molecule has 4 heteroatoms. The van der Waals surface area contributed by atoms with Gasteiger partial charge in [-0.15, -0.1) is 0 Å². The largest absolute Gasteiger partial charge is 0.313 e. The highest BCUT2D eigenvalue weighted by Gasteiger charge is 2.04. The summed E-state index contributed by atoms with van der Waals surface area (Å²) in [5.41, 5.74) is 1.27. The molecule has 0 saturated carbocycles. The molecule has 0 aliphatic carbocycles. The zero-order chi connectivity index (χ0) is 15.0. The molecule has 0 aliphatic rings. The molecule has 110 valence electrons. The fraction of sp³-hybridized carbons (Fsp3) is 0.562. The molecular weight excluding hydrogens is 253 g/mol. The third kappa shape index (κ3) is 5.68. The second-order valence-electron chi connectivity index (χ2n) is 5.37. The van der Waals surface area contributed by atoms with E-state index in [2.05, 4.69) is 37.2 Å². The number of hydrogen-bond donors (Lipinski definition) is 1. The zero-order valence-corrected chi connectivity index (χ0v) is 12.6. The van der Waals surface area contributed by atoms with Gasteiger partial charge in [-0.05, 0) is 70.6 Å². The minimum atomic E-state index is -0.292. The lowest BCUT2D eigenvalue weighted by molar-refractivity contribution is 0.268. The van der Waals surface area contributed by atoms with Gasteiger partial charge in [0.05, 0.1) is 11.6 Å². The predicted octanol–water partition coefficient (Wildman–Crippen LogP) is 2.91. The first-order chi connectivity index (χ1) is 9.54. The third-order valence-electron chi connectivity index (χ3n) is 3.50. The van der Waals surface area contributed by atoms with Gasteiger partial charge in [-0.3, -0.25) is 0 Å². The van der Waals surface area contributed by atoms with Crippen molar-refractivity contribution in [2.45, 2.75) is 39.3 Å². The van der Waals surface area contributed by atoms with Crippen LogP contribution in [0.2, 0.25) is 0 Å². The fourth-order valence-electron chi connectivity index (χ4n) is 1.91. The van der Waals surface area contributed by atoms with E-state index < -0.39 is 0 Å². The molecule has 0 amide bonds. The number of rotatable bonds is 8. The summed E-state index contributed by atoms with van der Waals surface area (Å²) in [6.45, 7) is 6.88. The van der Waals surface area contributed by atoms with Crippen molar-refractivity contribution in [2.75, 3.05) is 20.1 Å². The average Bonchev–Trinajstić information content (AvgIpc) is 2.42. The van der Waals surface area contributed by atoms with E-state index in [0.29, 0.717) is 18.2 Å². The van der Waals surface area contributed by atoms with Crippen molar-refractivity contribution in [1.82, 2.24) is 10.2 Å². The summed E-state index contributed by atoms with van der Waals surface area (Å²) in [6, 6.07) is 6.95. The van der Waals surface area contributed by atoms with Gasteiger partial charge >= 0.3 is 0 Å². The molecule has 0 aromatic heterocycles. The number of nitrogens with one attached hydrogen (secondary N) is 1. The monoisotopic (exact) mass is 277 g/mol. The van der Waals surface area contributed by atoms with Crippen LogP contribution >= 0.6 is 0 Å². The predicted molar refractivity (Wildman–Crippen MR) is 79.8 cm³/mol. The Labute approximate surface area is 121 Å².